The Balaban J connectivity index is 1.30. The van der Waals surface area contributed by atoms with Crippen molar-refractivity contribution >= 4 is 40.5 Å². The Kier molecular flexibility index (Phi) is 12.2. The van der Waals surface area contributed by atoms with Gasteiger partial charge in [0.05, 0.1) is 3.92 Å². The molecule has 1 fully saturated rings. The average Bonchev–Trinajstić information content (AvgIpc) is 3.18. The Bertz CT molecular complexity index is 1930. The molecule has 52 heavy (non-hydrogen) atoms. The number of nitrogens with zero attached hydrogens (tertiary/aromatic N) is 4. The Hall–Kier alpha value is -4.84. The predicted molar refractivity (Wildman–Crippen MR) is 205 cm³/mol. The van der Waals surface area contributed by atoms with Gasteiger partial charge in [0, 0.05) is 44.3 Å². The normalized spacial score (nSPS) is 15.0. The topological polar surface area (TPSA) is 66.4 Å². The highest BCUT2D eigenvalue weighted by Crippen LogP contribution is 2.35. The molecular formula is C42H38F3IN4O2. The van der Waals surface area contributed by atoms with Crippen molar-refractivity contribution in [3.8, 4) is 11.1 Å². The van der Waals surface area contributed by atoms with Crippen molar-refractivity contribution in [3.63, 3.8) is 0 Å². The van der Waals surface area contributed by atoms with Crippen LogP contribution in [0.4, 0.5) is 13.2 Å². The van der Waals surface area contributed by atoms with Crippen LogP contribution in [0.1, 0.15) is 44.7 Å². The first-order chi connectivity index (χ1) is 25.2. The molecule has 266 valence electrons. The number of halogens is 4. The van der Waals surface area contributed by atoms with E-state index in [1.54, 1.807) is 17.3 Å². The van der Waals surface area contributed by atoms with E-state index in [2.05, 4.69) is 44.7 Å². The van der Waals surface area contributed by atoms with Crippen LogP contribution in [0.15, 0.2) is 134 Å². The van der Waals surface area contributed by atoms with E-state index in [-0.39, 0.29) is 12.5 Å². The van der Waals surface area contributed by atoms with Gasteiger partial charge in [-0.2, -0.15) is 13.2 Å². The van der Waals surface area contributed by atoms with Gasteiger partial charge in [0.1, 0.15) is 11.7 Å². The summed E-state index contributed by atoms with van der Waals surface area (Å²) in [6.45, 7) is 1.30. The van der Waals surface area contributed by atoms with E-state index in [1.807, 2.05) is 89.8 Å². The molecule has 0 aliphatic carbocycles. The minimum atomic E-state index is -4.57. The Morgan fingerprint density at radius 2 is 1.52 bits per heavy atom. The lowest BCUT2D eigenvalue weighted by Crippen LogP contribution is -2.53. The van der Waals surface area contributed by atoms with Crippen molar-refractivity contribution in [3.05, 3.63) is 162 Å². The van der Waals surface area contributed by atoms with Gasteiger partial charge < -0.3 is 9.80 Å². The first kappa shape index (κ1) is 36.9. The number of hydrogen-bond donors (Lipinski definition) is 0. The summed E-state index contributed by atoms with van der Waals surface area (Å²) in [7, 11) is 0. The molecule has 0 saturated carbocycles. The second kappa shape index (κ2) is 17.1. The summed E-state index contributed by atoms with van der Waals surface area (Å²) >= 11 is 2.27. The molecule has 2 amide bonds. The summed E-state index contributed by atoms with van der Waals surface area (Å²) in [6.07, 6.45) is 5.43. The van der Waals surface area contributed by atoms with Crippen LogP contribution in [-0.2, 0) is 28.7 Å². The third kappa shape index (κ3) is 9.52. The van der Waals surface area contributed by atoms with Crippen LogP contribution in [0, 0.1) is 5.92 Å². The number of amides is 2. The Morgan fingerprint density at radius 1 is 0.827 bits per heavy atom. The second-order valence-electron chi connectivity index (χ2n) is 12.9. The van der Waals surface area contributed by atoms with E-state index in [1.165, 1.54) is 23.8 Å². The van der Waals surface area contributed by atoms with Crippen molar-refractivity contribution in [1.82, 2.24) is 19.8 Å². The molecule has 0 spiro atoms. The number of hydrogen-bond acceptors (Lipinski definition) is 4. The summed E-state index contributed by atoms with van der Waals surface area (Å²) < 4.78 is 39.0. The number of piperidine rings is 1. The van der Waals surface area contributed by atoms with E-state index in [0.29, 0.717) is 24.6 Å². The lowest BCUT2D eigenvalue weighted by atomic mass is 9.89. The maximum absolute atomic E-state index is 14.7. The summed E-state index contributed by atoms with van der Waals surface area (Å²) in [5.74, 6) is -0.122. The summed E-state index contributed by atoms with van der Waals surface area (Å²) in [4.78, 5) is 40.3. The molecule has 0 N–H and O–H groups in total. The van der Waals surface area contributed by atoms with Gasteiger partial charge in [0.25, 0.3) is 0 Å². The molecule has 6 rings (SSSR count). The third-order valence-electron chi connectivity index (χ3n) is 9.36. The number of pyridine rings is 2. The lowest BCUT2D eigenvalue weighted by Gasteiger charge is -2.39. The van der Waals surface area contributed by atoms with E-state index in [0.717, 1.165) is 53.8 Å². The van der Waals surface area contributed by atoms with Crippen molar-refractivity contribution in [1.29, 1.82) is 0 Å². The van der Waals surface area contributed by atoms with Gasteiger partial charge in [0.2, 0.25) is 11.8 Å². The number of rotatable bonds is 11. The van der Waals surface area contributed by atoms with Gasteiger partial charge in [-0.05, 0) is 76.8 Å². The van der Waals surface area contributed by atoms with Gasteiger partial charge in [-0.3, -0.25) is 19.6 Å². The van der Waals surface area contributed by atoms with Crippen molar-refractivity contribution in [2.24, 2.45) is 5.92 Å². The molecule has 2 atom stereocenters. The predicted octanol–water partition coefficient (Wildman–Crippen LogP) is 9.23. The molecule has 2 unspecified atom stereocenters. The first-order valence-corrected chi connectivity index (χ1v) is 18.4. The SMILES string of the molecule is O=C(C(C(I)c1ccccc1)N(Cc1ccc(-c2cccnc2)cc1)C(=O)C=Cc1ccc(C(F)(F)F)nc1)N1CCC(Cc2ccccc2)CC1. The molecule has 6 nitrogen and oxygen atoms in total. The van der Waals surface area contributed by atoms with Crippen LogP contribution in [0.25, 0.3) is 17.2 Å². The number of likely N-dealkylation sites (tertiary alicyclic amines) is 1. The van der Waals surface area contributed by atoms with Crippen molar-refractivity contribution < 1.29 is 22.8 Å². The van der Waals surface area contributed by atoms with E-state index in [4.69, 9.17) is 0 Å². The standard InChI is InChI=1S/C42H38F3IN4O2/c43-42(44,45)37-19-15-32(27-48-37)16-20-38(51)50(29-33-13-17-34(18-14-33)36-12-7-23-47-28-36)40(39(46)35-10-5-2-6-11-35)41(52)49-24-21-31(22-25-49)26-30-8-3-1-4-9-30/h1-20,23,27-28,31,39-40H,21-22,24-26,29H2. The fourth-order valence-corrected chi connectivity index (χ4v) is 7.62. The molecule has 0 radical (unpaired) electrons. The number of alkyl halides is 4. The summed E-state index contributed by atoms with van der Waals surface area (Å²) in [6, 6.07) is 33.0. The lowest BCUT2D eigenvalue weighted by molar-refractivity contribution is -0.145. The fourth-order valence-electron chi connectivity index (χ4n) is 6.51. The molecule has 3 aromatic carbocycles. The molecular weight excluding hydrogens is 776 g/mol. The minimum Gasteiger partial charge on any atom is -0.341 e. The molecule has 0 bridgehead atoms. The van der Waals surface area contributed by atoms with Crippen LogP contribution >= 0.6 is 22.6 Å². The van der Waals surface area contributed by atoms with Gasteiger partial charge in [-0.1, -0.05) is 120 Å². The van der Waals surface area contributed by atoms with Crippen LogP contribution in [-0.4, -0.2) is 50.7 Å². The minimum absolute atomic E-state index is 0.133. The summed E-state index contributed by atoms with van der Waals surface area (Å²) in [5.41, 5.74) is 4.24. The van der Waals surface area contributed by atoms with Crippen molar-refractivity contribution in [2.45, 2.75) is 41.9 Å². The first-order valence-electron chi connectivity index (χ1n) is 17.2. The molecule has 3 heterocycles. The molecule has 1 saturated heterocycles. The quantitative estimate of drug-likeness (QED) is 0.0758. The van der Waals surface area contributed by atoms with Gasteiger partial charge in [-0.15, -0.1) is 0 Å². The van der Waals surface area contributed by atoms with Gasteiger partial charge in [-0.25, -0.2) is 0 Å². The second-order valence-corrected chi connectivity index (χ2v) is 14.3. The molecule has 10 heteroatoms. The zero-order chi connectivity index (χ0) is 36.5. The molecule has 1 aliphatic rings. The Labute approximate surface area is 315 Å². The van der Waals surface area contributed by atoms with Crippen LogP contribution in [0.2, 0.25) is 0 Å². The van der Waals surface area contributed by atoms with Crippen LogP contribution < -0.4 is 0 Å². The largest absolute Gasteiger partial charge is 0.433 e. The highest BCUT2D eigenvalue weighted by molar-refractivity contribution is 14.1. The van der Waals surface area contributed by atoms with Crippen molar-refractivity contribution in [2.75, 3.05) is 13.1 Å². The average molecular weight is 815 g/mol. The number of carbonyl (C=O) groups is 2. The highest BCUT2D eigenvalue weighted by atomic mass is 127. The highest BCUT2D eigenvalue weighted by Gasteiger charge is 2.39. The Morgan fingerprint density at radius 3 is 2.13 bits per heavy atom. The van der Waals surface area contributed by atoms with Crippen LogP contribution in [0.5, 0.6) is 0 Å². The smallest absolute Gasteiger partial charge is 0.341 e. The zero-order valence-electron chi connectivity index (χ0n) is 28.4. The maximum atomic E-state index is 14.7. The summed E-state index contributed by atoms with van der Waals surface area (Å²) in [5, 5.41) is 0. The van der Waals surface area contributed by atoms with Gasteiger partial charge >= 0.3 is 6.18 Å². The molecule has 1 aliphatic heterocycles. The fraction of sp³-hybridized carbons (Fsp3) is 0.238. The van der Waals surface area contributed by atoms with Gasteiger partial charge in [0.15, 0.2) is 0 Å². The van der Waals surface area contributed by atoms with E-state index >= 15 is 0 Å². The molecule has 5 aromatic rings. The third-order valence-corrected chi connectivity index (χ3v) is 10.8. The number of benzene rings is 3. The number of aromatic nitrogens is 2. The maximum Gasteiger partial charge on any atom is 0.433 e. The van der Waals surface area contributed by atoms with E-state index < -0.39 is 27.7 Å². The molecule has 2 aromatic heterocycles. The van der Waals surface area contributed by atoms with E-state index in [9.17, 15) is 22.8 Å². The number of carbonyl (C=O) groups excluding carboxylic acids is 2. The monoisotopic (exact) mass is 814 g/mol. The van der Waals surface area contributed by atoms with Crippen LogP contribution in [0.3, 0.4) is 0 Å². The zero-order valence-corrected chi connectivity index (χ0v) is 30.5.